The Morgan fingerprint density at radius 3 is 2.49 bits per heavy atom. The molecule has 0 bridgehead atoms. The van der Waals surface area contributed by atoms with Crippen molar-refractivity contribution in [3.05, 3.63) is 82.9 Å². The maximum atomic E-state index is 13.4. The Morgan fingerprint density at radius 1 is 0.846 bits per heavy atom. The number of carbonyl (C=O) groups is 2. The summed E-state index contributed by atoms with van der Waals surface area (Å²) in [6.07, 6.45) is 4.56. The summed E-state index contributed by atoms with van der Waals surface area (Å²) in [5, 5.41) is 3.39. The van der Waals surface area contributed by atoms with Crippen molar-refractivity contribution < 1.29 is 19.1 Å². The highest BCUT2D eigenvalue weighted by molar-refractivity contribution is 6.31. The number of hydrogen-bond acceptors (Lipinski definition) is 5. The summed E-state index contributed by atoms with van der Waals surface area (Å²) in [6, 6.07) is 20.9. The lowest BCUT2D eigenvalue weighted by Crippen LogP contribution is -2.45. The fourth-order valence-electron chi connectivity index (χ4n) is 5.04. The topological polar surface area (TPSA) is 71.1 Å². The highest BCUT2D eigenvalue weighted by Gasteiger charge is 2.23. The fraction of sp³-hybridized carbons (Fsp3) is 0.355. The quantitative estimate of drug-likeness (QED) is 0.432. The van der Waals surface area contributed by atoms with Gasteiger partial charge in [-0.1, -0.05) is 60.8 Å². The molecule has 5 rings (SSSR count). The molecule has 0 fully saturated rings. The van der Waals surface area contributed by atoms with Crippen LogP contribution < -0.4 is 14.8 Å². The Kier molecular flexibility index (Phi) is 9.01. The molecule has 0 saturated carbocycles. The first-order chi connectivity index (χ1) is 19.0. The number of amides is 2. The molecule has 3 aromatic rings. The van der Waals surface area contributed by atoms with Crippen LogP contribution in [0.15, 0.2) is 66.7 Å². The molecule has 204 valence electrons. The summed E-state index contributed by atoms with van der Waals surface area (Å²) in [4.78, 5) is 30.5. The Hall–Kier alpha value is -3.55. The lowest BCUT2D eigenvalue weighted by atomic mass is 10.00. The molecule has 0 aromatic heterocycles. The van der Waals surface area contributed by atoms with E-state index in [1.807, 2.05) is 30.3 Å². The second kappa shape index (κ2) is 13.0. The van der Waals surface area contributed by atoms with Gasteiger partial charge in [0.1, 0.15) is 0 Å². The van der Waals surface area contributed by atoms with Gasteiger partial charge in [0.2, 0.25) is 11.8 Å². The van der Waals surface area contributed by atoms with E-state index in [9.17, 15) is 9.59 Å². The van der Waals surface area contributed by atoms with Crippen LogP contribution in [0.25, 0.3) is 0 Å². The molecule has 0 spiro atoms. The van der Waals surface area contributed by atoms with Crippen LogP contribution in [-0.2, 0) is 22.6 Å². The predicted octanol–water partition coefficient (Wildman–Crippen LogP) is 5.91. The first-order valence-corrected chi connectivity index (χ1v) is 14.0. The molecule has 0 aliphatic carbocycles. The summed E-state index contributed by atoms with van der Waals surface area (Å²) < 4.78 is 12.2. The number of rotatable bonds is 2. The highest BCUT2D eigenvalue weighted by Crippen LogP contribution is 2.36. The van der Waals surface area contributed by atoms with E-state index in [4.69, 9.17) is 21.1 Å². The molecule has 8 heteroatoms. The van der Waals surface area contributed by atoms with Crippen LogP contribution in [0, 0.1) is 0 Å². The van der Waals surface area contributed by atoms with Crippen LogP contribution in [0.5, 0.6) is 17.2 Å². The molecular formula is C31H34ClN3O4. The van der Waals surface area contributed by atoms with E-state index in [0.717, 1.165) is 45.2 Å². The van der Waals surface area contributed by atoms with E-state index in [-0.39, 0.29) is 24.9 Å². The van der Waals surface area contributed by atoms with Crippen molar-refractivity contribution in [3.63, 3.8) is 0 Å². The molecule has 0 atom stereocenters. The maximum absolute atomic E-state index is 13.4. The van der Waals surface area contributed by atoms with Crippen molar-refractivity contribution in [2.24, 2.45) is 0 Å². The van der Waals surface area contributed by atoms with E-state index < -0.39 is 0 Å². The zero-order chi connectivity index (χ0) is 27.0. The van der Waals surface area contributed by atoms with Gasteiger partial charge >= 0.3 is 0 Å². The number of nitrogens with one attached hydrogen (secondary N) is 1. The van der Waals surface area contributed by atoms with Gasteiger partial charge < -0.3 is 19.7 Å². The maximum Gasteiger partial charge on any atom is 0.244 e. The zero-order valence-corrected chi connectivity index (χ0v) is 22.8. The van der Waals surface area contributed by atoms with Crippen molar-refractivity contribution in [2.75, 3.05) is 38.1 Å². The number of anilines is 1. The SMILES string of the molecule is O=C1CN(C(=O)CN2CCc3ccccc3C2)CCCCCCOc2ccccc2Oc2ccc(Cl)cc2N1. The third-order valence-electron chi connectivity index (χ3n) is 7.12. The summed E-state index contributed by atoms with van der Waals surface area (Å²) >= 11 is 6.26. The molecule has 0 unspecified atom stereocenters. The number of para-hydroxylation sites is 2. The van der Waals surface area contributed by atoms with Crippen molar-refractivity contribution in [3.8, 4) is 17.2 Å². The lowest BCUT2D eigenvalue weighted by molar-refractivity contribution is -0.136. The van der Waals surface area contributed by atoms with Crippen LogP contribution in [0.4, 0.5) is 5.69 Å². The molecular weight excluding hydrogens is 514 g/mol. The second-order valence-corrected chi connectivity index (χ2v) is 10.5. The minimum atomic E-state index is -0.295. The Bertz CT molecular complexity index is 1310. The van der Waals surface area contributed by atoms with Gasteiger partial charge in [0.15, 0.2) is 17.2 Å². The molecule has 2 amide bonds. The number of halogens is 1. The molecule has 7 nitrogen and oxygen atoms in total. The number of nitrogens with zero attached hydrogens (tertiary/aromatic N) is 2. The van der Waals surface area contributed by atoms with Gasteiger partial charge in [-0.05, 0) is 60.7 Å². The van der Waals surface area contributed by atoms with Gasteiger partial charge in [-0.15, -0.1) is 0 Å². The van der Waals surface area contributed by atoms with E-state index >= 15 is 0 Å². The lowest BCUT2D eigenvalue weighted by Gasteiger charge is -2.31. The minimum Gasteiger partial charge on any atom is -0.490 e. The standard InChI is InChI=1S/C31H34ClN3O4/c32-25-13-14-27-26(19-25)33-30(36)21-35(31(37)22-34-17-15-23-9-3-4-10-24(23)20-34)16-7-1-2-8-18-38-28-11-5-6-12-29(28)39-27/h3-6,9-14,19H,1-2,7-8,15-18,20-22H2,(H,33,36). The van der Waals surface area contributed by atoms with Gasteiger partial charge in [0, 0.05) is 24.7 Å². The Balaban J connectivity index is 1.32. The first kappa shape index (κ1) is 27.0. The molecule has 3 aromatic carbocycles. The summed E-state index contributed by atoms with van der Waals surface area (Å²) in [5.74, 6) is 1.32. The molecule has 0 radical (unpaired) electrons. The monoisotopic (exact) mass is 547 g/mol. The third kappa shape index (κ3) is 7.31. The predicted molar refractivity (Wildman–Crippen MR) is 153 cm³/mol. The smallest absolute Gasteiger partial charge is 0.244 e. The van der Waals surface area contributed by atoms with Crippen molar-refractivity contribution in [2.45, 2.75) is 38.6 Å². The number of carbonyl (C=O) groups excluding carboxylic acids is 2. The van der Waals surface area contributed by atoms with Crippen molar-refractivity contribution >= 4 is 29.1 Å². The molecule has 39 heavy (non-hydrogen) atoms. The van der Waals surface area contributed by atoms with Crippen LogP contribution in [0.2, 0.25) is 5.02 Å². The van der Waals surface area contributed by atoms with Crippen LogP contribution in [0.1, 0.15) is 36.8 Å². The number of ether oxygens (including phenoxy) is 2. The third-order valence-corrected chi connectivity index (χ3v) is 7.36. The van der Waals surface area contributed by atoms with Gasteiger partial charge in [-0.3, -0.25) is 14.5 Å². The average molecular weight is 548 g/mol. The van der Waals surface area contributed by atoms with E-state index in [0.29, 0.717) is 41.1 Å². The normalized spacial score (nSPS) is 17.1. The number of benzene rings is 3. The molecule has 2 heterocycles. The average Bonchev–Trinajstić information content (AvgIpc) is 2.93. The Morgan fingerprint density at radius 2 is 1.62 bits per heavy atom. The van der Waals surface area contributed by atoms with Crippen LogP contribution >= 0.6 is 11.6 Å². The number of hydrogen-bond donors (Lipinski definition) is 1. The molecule has 1 N–H and O–H groups in total. The molecule has 0 saturated heterocycles. The molecule has 2 aliphatic rings. The van der Waals surface area contributed by atoms with E-state index in [1.54, 1.807) is 23.1 Å². The van der Waals surface area contributed by atoms with Crippen LogP contribution in [-0.4, -0.2) is 54.4 Å². The van der Waals surface area contributed by atoms with Gasteiger partial charge in [-0.2, -0.15) is 0 Å². The van der Waals surface area contributed by atoms with Gasteiger partial charge in [0.25, 0.3) is 0 Å². The molecule has 2 aliphatic heterocycles. The Labute approximate surface area is 234 Å². The fourth-order valence-corrected chi connectivity index (χ4v) is 5.21. The van der Waals surface area contributed by atoms with Crippen LogP contribution in [0.3, 0.4) is 0 Å². The largest absolute Gasteiger partial charge is 0.490 e. The minimum absolute atomic E-state index is 0.0328. The van der Waals surface area contributed by atoms with Crippen molar-refractivity contribution in [1.82, 2.24) is 9.80 Å². The van der Waals surface area contributed by atoms with Crippen molar-refractivity contribution in [1.29, 1.82) is 0 Å². The highest BCUT2D eigenvalue weighted by atomic mass is 35.5. The first-order valence-electron chi connectivity index (χ1n) is 13.6. The summed E-state index contributed by atoms with van der Waals surface area (Å²) in [6.45, 7) is 2.93. The van der Waals surface area contributed by atoms with Gasteiger partial charge in [-0.25, -0.2) is 0 Å². The number of fused-ring (bicyclic) bond motifs is 3. The van der Waals surface area contributed by atoms with E-state index in [2.05, 4.69) is 28.4 Å². The second-order valence-electron chi connectivity index (χ2n) is 10.0. The van der Waals surface area contributed by atoms with E-state index in [1.165, 1.54) is 11.1 Å². The van der Waals surface area contributed by atoms with Gasteiger partial charge in [0.05, 0.1) is 25.4 Å². The summed E-state index contributed by atoms with van der Waals surface area (Å²) in [7, 11) is 0. The summed E-state index contributed by atoms with van der Waals surface area (Å²) in [5.41, 5.74) is 3.05. The zero-order valence-electron chi connectivity index (χ0n) is 22.0.